The predicted molar refractivity (Wildman–Crippen MR) is 89.1 cm³/mol. The Morgan fingerprint density at radius 3 is 3.00 bits per heavy atom. The van der Waals surface area contributed by atoms with Gasteiger partial charge in [0.1, 0.15) is 0 Å². The monoisotopic (exact) mass is 304 g/mol. The number of H-pyrrole nitrogens is 1. The van der Waals surface area contributed by atoms with Crippen LogP contribution in [0, 0.1) is 5.92 Å². The van der Waals surface area contributed by atoms with Crippen LogP contribution >= 0.6 is 11.6 Å². The fourth-order valence-electron chi connectivity index (χ4n) is 2.46. The number of hydrogen-bond acceptors (Lipinski definition) is 1. The molecule has 1 aromatic carbocycles. The summed E-state index contributed by atoms with van der Waals surface area (Å²) >= 11 is 6.07. The molecule has 1 saturated carbocycles. The minimum Gasteiger partial charge on any atom is -0.361 e. The molecular formula is C16H21ClN4. The van der Waals surface area contributed by atoms with Crippen LogP contribution < -0.4 is 10.6 Å². The Balaban J connectivity index is 1.54. The lowest BCUT2D eigenvalue weighted by Gasteiger charge is -2.11. The van der Waals surface area contributed by atoms with Crippen LogP contribution in [0.4, 0.5) is 0 Å². The Morgan fingerprint density at radius 2 is 2.24 bits per heavy atom. The number of nitrogens with zero attached hydrogens (tertiary/aromatic N) is 1. The van der Waals surface area contributed by atoms with Gasteiger partial charge in [0.25, 0.3) is 0 Å². The Morgan fingerprint density at radius 1 is 1.38 bits per heavy atom. The minimum atomic E-state index is 0.776. The maximum atomic E-state index is 6.07. The lowest BCUT2D eigenvalue weighted by Crippen LogP contribution is -2.39. The van der Waals surface area contributed by atoms with E-state index in [1.54, 1.807) is 0 Å². The summed E-state index contributed by atoms with van der Waals surface area (Å²) in [4.78, 5) is 7.53. The Bertz CT molecular complexity index is 643. The standard InChI is InChI=1S/C16H21ClN4/c1-18-16(21-9-11-2-3-11)19-7-6-12-10-20-15-5-4-13(17)8-14(12)15/h4-5,8,10-11,20H,2-3,6-7,9H2,1H3,(H2,18,19,21). The van der Waals surface area contributed by atoms with Crippen molar-refractivity contribution in [1.82, 2.24) is 15.6 Å². The quantitative estimate of drug-likeness (QED) is 0.587. The average molecular weight is 305 g/mol. The van der Waals surface area contributed by atoms with Crippen LogP contribution in [0.15, 0.2) is 29.4 Å². The number of aromatic amines is 1. The predicted octanol–water partition coefficient (Wildman–Crippen LogP) is 2.94. The van der Waals surface area contributed by atoms with E-state index in [-0.39, 0.29) is 0 Å². The van der Waals surface area contributed by atoms with E-state index in [2.05, 4.69) is 26.8 Å². The zero-order valence-electron chi connectivity index (χ0n) is 12.2. The molecule has 0 radical (unpaired) electrons. The molecule has 5 heteroatoms. The molecular weight excluding hydrogens is 284 g/mol. The summed E-state index contributed by atoms with van der Waals surface area (Å²) in [5, 5.41) is 8.71. The number of guanidine groups is 1. The summed E-state index contributed by atoms with van der Waals surface area (Å²) in [6.07, 6.45) is 5.69. The highest BCUT2D eigenvalue weighted by Gasteiger charge is 2.20. The molecule has 3 N–H and O–H groups in total. The molecule has 0 aliphatic heterocycles. The first-order valence-corrected chi connectivity index (χ1v) is 7.84. The van der Waals surface area contributed by atoms with Crippen molar-refractivity contribution in [3.63, 3.8) is 0 Å². The highest BCUT2D eigenvalue weighted by atomic mass is 35.5. The first-order chi connectivity index (χ1) is 10.3. The lowest BCUT2D eigenvalue weighted by molar-refractivity contribution is 0.735. The molecule has 4 nitrogen and oxygen atoms in total. The van der Waals surface area contributed by atoms with Crippen molar-refractivity contribution in [1.29, 1.82) is 0 Å². The number of benzene rings is 1. The summed E-state index contributed by atoms with van der Waals surface area (Å²) in [7, 11) is 1.81. The van der Waals surface area contributed by atoms with Crippen LogP contribution in [0.25, 0.3) is 10.9 Å². The van der Waals surface area contributed by atoms with Gasteiger partial charge in [-0.05, 0) is 48.9 Å². The van der Waals surface area contributed by atoms with Crippen molar-refractivity contribution in [2.75, 3.05) is 20.1 Å². The number of nitrogens with one attached hydrogen (secondary N) is 3. The number of rotatable bonds is 5. The minimum absolute atomic E-state index is 0.776. The molecule has 1 aliphatic rings. The Kier molecular flexibility index (Phi) is 4.34. The van der Waals surface area contributed by atoms with Crippen LogP contribution in [0.2, 0.25) is 5.02 Å². The molecule has 1 fully saturated rings. The van der Waals surface area contributed by atoms with E-state index >= 15 is 0 Å². The zero-order valence-corrected chi connectivity index (χ0v) is 13.0. The summed E-state index contributed by atoms with van der Waals surface area (Å²) < 4.78 is 0. The first-order valence-electron chi connectivity index (χ1n) is 7.46. The van der Waals surface area contributed by atoms with Crippen molar-refractivity contribution >= 4 is 28.5 Å². The summed E-state index contributed by atoms with van der Waals surface area (Å²) in [5.74, 6) is 1.74. The van der Waals surface area contributed by atoms with E-state index in [0.29, 0.717) is 0 Å². The van der Waals surface area contributed by atoms with Crippen molar-refractivity contribution in [3.8, 4) is 0 Å². The molecule has 112 valence electrons. The van der Waals surface area contributed by atoms with Crippen molar-refractivity contribution in [2.24, 2.45) is 10.9 Å². The van der Waals surface area contributed by atoms with Crippen LogP contribution in [-0.2, 0) is 6.42 Å². The second-order valence-electron chi connectivity index (χ2n) is 5.58. The van der Waals surface area contributed by atoms with Crippen LogP contribution in [0.3, 0.4) is 0 Å². The van der Waals surface area contributed by atoms with E-state index in [9.17, 15) is 0 Å². The van der Waals surface area contributed by atoms with Gasteiger partial charge in [-0.3, -0.25) is 4.99 Å². The third kappa shape index (κ3) is 3.70. The Labute approximate surface area is 130 Å². The van der Waals surface area contributed by atoms with Crippen molar-refractivity contribution in [3.05, 3.63) is 35.0 Å². The first kappa shape index (κ1) is 14.3. The van der Waals surface area contributed by atoms with Gasteiger partial charge in [0.15, 0.2) is 5.96 Å². The molecule has 0 bridgehead atoms. The van der Waals surface area contributed by atoms with E-state index in [1.165, 1.54) is 23.8 Å². The van der Waals surface area contributed by atoms with Crippen molar-refractivity contribution < 1.29 is 0 Å². The molecule has 1 aliphatic carbocycles. The molecule has 0 spiro atoms. The number of hydrogen-bond donors (Lipinski definition) is 3. The second kappa shape index (κ2) is 6.39. The molecule has 1 aromatic heterocycles. The largest absolute Gasteiger partial charge is 0.361 e. The van der Waals surface area contributed by atoms with Gasteiger partial charge in [-0.1, -0.05) is 11.6 Å². The van der Waals surface area contributed by atoms with Crippen molar-refractivity contribution in [2.45, 2.75) is 19.3 Å². The van der Waals surface area contributed by atoms with Gasteiger partial charge in [-0.15, -0.1) is 0 Å². The number of aliphatic imine (C=N–C) groups is 1. The zero-order chi connectivity index (χ0) is 14.7. The summed E-state index contributed by atoms with van der Waals surface area (Å²) in [6.45, 7) is 1.88. The van der Waals surface area contributed by atoms with E-state index in [1.807, 2.05) is 25.2 Å². The highest BCUT2D eigenvalue weighted by Crippen LogP contribution is 2.27. The van der Waals surface area contributed by atoms with Gasteiger partial charge < -0.3 is 15.6 Å². The normalized spacial score (nSPS) is 15.4. The van der Waals surface area contributed by atoms with Crippen LogP contribution in [0.5, 0.6) is 0 Å². The number of fused-ring (bicyclic) bond motifs is 1. The molecule has 2 aromatic rings. The van der Waals surface area contributed by atoms with Gasteiger partial charge in [0.05, 0.1) is 0 Å². The molecule has 0 unspecified atom stereocenters. The van der Waals surface area contributed by atoms with E-state index < -0.39 is 0 Å². The molecule has 0 atom stereocenters. The average Bonchev–Trinajstić information content (AvgIpc) is 3.24. The van der Waals surface area contributed by atoms with Crippen LogP contribution in [0.1, 0.15) is 18.4 Å². The van der Waals surface area contributed by atoms with Gasteiger partial charge in [0.2, 0.25) is 0 Å². The molecule has 21 heavy (non-hydrogen) atoms. The second-order valence-corrected chi connectivity index (χ2v) is 6.01. The number of halogens is 1. The van der Waals surface area contributed by atoms with E-state index in [4.69, 9.17) is 11.6 Å². The summed E-state index contributed by atoms with van der Waals surface area (Å²) in [6, 6.07) is 5.94. The Hall–Kier alpha value is -1.68. The molecule has 1 heterocycles. The SMILES string of the molecule is CN=C(NCCc1c[nH]c2ccc(Cl)cc12)NCC1CC1. The number of aromatic nitrogens is 1. The maximum absolute atomic E-state index is 6.07. The van der Waals surface area contributed by atoms with Gasteiger partial charge >= 0.3 is 0 Å². The van der Waals surface area contributed by atoms with Gasteiger partial charge in [0, 0.05) is 42.3 Å². The lowest BCUT2D eigenvalue weighted by atomic mass is 10.1. The highest BCUT2D eigenvalue weighted by molar-refractivity contribution is 6.31. The maximum Gasteiger partial charge on any atom is 0.190 e. The van der Waals surface area contributed by atoms with Gasteiger partial charge in [-0.2, -0.15) is 0 Å². The molecule has 0 saturated heterocycles. The smallest absolute Gasteiger partial charge is 0.190 e. The summed E-state index contributed by atoms with van der Waals surface area (Å²) in [5.41, 5.74) is 2.41. The fraction of sp³-hybridized carbons (Fsp3) is 0.438. The topological polar surface area (TPSA) is 52.2 Å². The van der Waals surface area contributed by atoms with Crippen LogP contribution in [-0.4, -0.2) is 31.1 Å². The molecule has 0 amide bonds. The molecule has 3 rings (SSSR count). The van der Waals surface area contributed by atoms with Gasteiger partial charge in [-0.25, -0.2) is 0 Å². The third-order valence-corrected chi connectivity index (χ3v) is 4.13. The fourth-order valence-corrected chi connectivity index (χ4v) is 2.63. The van der Waals surface area contributed by atoms with E-state index in [0.717, 1.165) is 41.9 Å². The third-order valence-electron chi connectivity index (χ3n) is 3.89.